The predicted octanol–water partition coefficient (Wildman–Crippen LogP) is 2.23. The van der Waals surface area contributed by atoms with Crippen LogP contribution in [0.4, 0.5) is 0 Å². The smallest absolute Gasteiger partial charge is 0.181 e. The lowest BCUT2D eigenvalue weighted by molar-refractivity contribution is 0.191. The van der Waals surface area contributed by atoms with Gasteiger partial charge in [-0.1, -0.05) is 6.92 Å². The first kappa shape index (κ1) is 11.7. The number of likely N-dealkylation sites (tertiary alicyclic amines) is 1. The summed E-state index contributed by atoms with van der Waals surface area (Å²) in [7, 11) is 0. The first-order chi connectivity index (χ1) is 8.86. The summed E-state index contributed by atoms with van der Waals surface area (Å²) in [5, 5.41) is 8.62. The quantitative estimate of drug-likeness (QED) is 0.900. The van der Waals surface area contributed by atoms with Crippen molar-refractivity contribution in [2.75, 3.05) is 19.6 Å². The summed E-state index contributed by atoms with van der Waals surface area (Å²) >= 11 is 0. The number of pyridine rings is 1. The highest BCUT2D eigenvalue weighted by Crippen LogP contribution is 2.23. The third-order valence-corrected chi connectivity index (χ3v) is 4.06. The van der Waals surface area contributed by atoms with Crippen molar-refractivity contribution < 1.29 is 0 Å². The Balaban J connectivity index is 1.70. The number of H-pyrrole nitrogens is 1. The maximum absolute atomic E-state index is 4.27. The van der Waals surface area contributed by atoms with Crippen LogP contribution in [0.1, 0.15) is 25.5 Å². The number of rotatable bonds is 3. The van der Waals surface area contributed by atoms with Crippen LogP contribution in [0, 0.1) is 5.92 Å². The summed E-state index contributed by atoms with van der Waals surface area (Å²) < 4.78 is 0. The summed E-state index contributed by atoms with van der Waals surface area (Å²) in [6.07, 6.45) is 5.51. The van der Waals surface area contributed by atoms with E-state index < -0.39 is 0 Å². The third-order valence-electron chi connectivity index (χ3n) is 4.06. The van der Waals surface area contributed by atoms with E-state index in [4.69, 9.17) is 0 Å². The standard InChI is InChI=1S/C14H20N4/c1-2-18-8-5-11(6-9-18)10-13-12-4-3-7-15-14(12)17-16-13/h3-4,7,11H,2,5-6,8-10H2,1H3,(H,15,16,17). The number of piperidine rings is 1. The van der Waals surface area contributed by atoms with Crippen molar-refractivity contribution in [1.29, 1.82) is 0 Å². The summed E-state index contributed by atoms with van der Waals surface area (Å²) in [5.41, 5.74) is 2.10. The van der Waals surface area contributed by atoms with Gasteiger partial charge in [0.2, 0.25) is 0 Å². The Bertz CT molecular complexity index is 511. The van der Waals surface area contributed by atoms with Crippen molar-refractivity contribution in [2.45, 2.75) is 26.2 Å². The van der Waals surface area contributed by atoms with Gasteiger partial charge in [0.05, 0.1) is 0 Å². The van der Waals surface area contributed by atoms with Crippen LogP contribution in [0.3, 0.4) is 0 Å². The number of aromatic nitrogens is 3. The van der Waals surface area contributed by atoms with Gasteiger partial charge in [-0.25, -0.2) is 4.98 Å². The zero-order chi connectivity index (χ0) is 12.4. The SMILES string of the molecule is CCN1CCC(Cc2[nH]nc3ncccc23)CC1. The largest absolute Gasteiger partial charge is 0.304 e. The van der Waals surface area contributed by atoms with Gasteiger partial charge in [-0.2, -0.15) is 5.10 Å². The van der Waals surface area contributed by atoms with Gasteiger partial charge in [0.1, 0.15) is 0 Å². The lowest BCUT2D eigenvalue weighted by Gasteiger charge is -2.30. The van der Waals surface area contributed by atoms with E-state index in [9.17, 15) is 0 Å². The molecule has 96 valence electrons. The van der Waals surface area contributed by atoms with Gasteiger partial charge in [-0.05, 0) is 56.9 Å². The zero-order valence-electron chi connectivity index (χ0n) is 10.9. The monoisotopic (exact) mass is 244 g/mol. The van der Waals surface area contributed by atoms with E-state index in [0.717, 1.165) is 18.0 Å². The molecule has 0 aliphatic carbocycles. The van der Waals surface area contributed by atoms with Crippen LogP contribution in [-0.2, 0) is 6.42 Å². The van der Waals surface area contributed by atoms with E-state index in [1.807, 2.05) is 6.07 Å². The molecule has 2 aromatic heterocycles. The molecule has 1 N–H and O–H groups in total. The van der Waals surface area contributed by atoms with Gasteiger partial charge < -0.3 is 4.90 Å². The van der Waals surface area contributed by atoms with Crippen LogP contribution in [0.5, 0.6) is 0 Å². The van der Waals surface area contributed by atoms with Gasteiger partial charge in [-0.15, -0.1) is 0 Å². The first-order valence-corrected chi connectivity index (χ1v) is 6.87. The predicted molar refractivity (Wildman–Crippen MR) is 72.4 cm³/mol. The van der Waals surface area contributed by atoms with Crippen LogP contribution < -0.4 is 0 Å². The number of hydrogen-bond acceptors (Lipinski definition) is 3. The second-order valence-electron chi connectivity index (χ2n) is 5.16. The molecule has 1 saturated heterocycles. The molecule has 0 radical (unpaired) electrons. The van der Waals surface area contributed by atoms with Crippen molar-refractivity contribution in [3.63, 3.8) is 0 Å². The number of nitrogens with zero attached hydrogens (tertiary/aromatic N) is 3. The van der Waals surface area contributed by atoms with Crippen LogP contribution in [0.15, 0.2) is 18.3 Å². The van der Waals surface area contributed by atoms with Crippen LogP contribution in [0.25, 0.3) is 11.0 Å². The Morgan fingerprint density at radius 2 is 2.22 bits per heavy atom. The first-order valence-electron chi connectivity index (χ1n) is 6.87. The van der Waals surface area contributed by atoms with E-state index in [0.29, 0.717) is 0 Å². The maximum Gasteiger partial charge on any atom is 0.181 e. The molecule has 0 bridgehead atoms. The number of nitrogens with one attached hydrogen (secondary N) is 1. The van der Waals surface area contributed by atoms with Gasteiger partial charge in [0.15, 0.2) is 5.65 Å². The van der Waals surface area contributed by atoms with Crippen molar-refractivity contribution in [2.24, 2.45) is 5.92 Å². The minimum Gasteiger partial charge on any atom is -0.304 e. The molecule has 1 fully saturated rings. The van der Waals surface area contributed by atoms with E-state index in [1.54, 1.807) is 6.20 Å². The summed E-state index contributed by atoms with van der Waals surface area (Å²) in [5.74, 6) is 0.789. The maximum atomic E-state index is 4.27. The molecule has 0 atom stereocenters. The third kappa shape index (κ3) is 2.25. The van der Waals surface area contributed by atoms with Gasteiger partial charge >= 0.3 is 0 Å². The summed E-state index contributed by atoms with van der Waals surface area (Å²) in [6, 6.07) is 4.10. The molecule has 2 aromatic rings. The molecule has 1 aliphatic heterocycles. The Labute approximate surface area is 107 Å². The minimum atomic E-state index is 0.789. The molecule has 0 amide bonds. The van der Waals surface area contributed by atoms with Crippen molar-refractivity contribution in [1.82, 2.24) is 20.1 Å². The molecule has 1 aliphatic rings. The van der Waals surface area contributed by atoms with Gasteiger partial charge in [0, 0.05) is 17.3 Å². The fourth-order valence-electron chi connectivity index (χ4n) is 2.85. The molecule has 0 aromatic carbocycles. The normalized spacial score (nSPS) is 18.5. The Kier molecular flexibility index (Phi) is 3.28. The Morgan fingerprint density at radius 1 is 1.39 bits per heavy atom. The van der Waals surface area contributed by atoms with Crippen molar-refractivity contribution >= 4 is 11.0 Å². The van der Waals surface area contributed by atoms with Gasteiger partial charge in [0.25, 0.3) is 0 Å². The fraction of sp³-hybridized carbons (Fsp3) is 0.571. The molecule has 3 heterocycles. The topological polar surface area (TPSA) is 44.8 Å². The zero-order valence-corrected chi connectivity index (χ0v) is 10.9. The summed E-state index contributed by atoms with van der Waals surface area (Å²) in [4.78, 5) is 6.80. The number of fused-ring (bicyclic) bond motifs is 1. The number of hydrogen-bond donors (Lipinski definition) is 1. The Morgan fingerprint density at radius 3 is 3.00 bits per heavy atom. The molecule has 0 spiro atoms. The highest BCUT2D eigenvalue weighted by Gasteiger charge is 2.19. The molecule has 0 unspecified atom stereocenters. The van der Waals surface area contributed by atoms with Crippen molar-refractivity contribution in [3.8, 4) is 0 Å². The van der Waals surface area contributed by atoms with E-state index >= 15 is 0 Å². The van der Waals surface area contributed by atoms with Crippen molar-refractivity contribution in [3.05, 3.63) is 24.0 Å². The average Bonchev–Trinajstić information content (AvgIpc) is 2.83. The molecule has 18 heavy (non-hydrogen) atoms. The van der Waals surface area contributed by atoms with Crippen LogP contribution in [0.2, 0.25) is 0 Å². The minimum absolute atomic E-state index is 0.789. The van der Waals surface area contributed by atoms with E-state index in [-0.39, 0.29) is 0 Å². The highest BCUT2D eigenvalue weighted by molar-refractivity contribution is 5.77. The second-order valence-corrected chi connectivity index (χ2v) is 5.16. The Hall–Kier alpha value is -1.42. The van der Waals surface area contributed by atoms with E-state index in [1.165, 1.54) is 43.6 Å². The molecule has 3 rings (SSSR count). The molecule has 0 saturated carbocycles. The molecular formula is C14H20N4. The highest BCUT2D eigenvalue weighted by atomic mass is 15.1. The molecular weight excluding hydrogens is 224 g/mol. The average molecular weight is 244 g/mol. The van der Waals surface area contributed by atoms with Gasteiger partial charge in [-0.3, -0.25) is 5.10 Å². The van der Waals surface area contributed by atoms with E-state index in [2.05, 4.69) is 33.1 Å². The van der Waals surface area contributed by atoms with Crippen LogP contribution >= 0.6 is 0 Å². The lowest BCUT2D eigenvalue weighted by Crippen LogP contribution is -2.34. The number of aromatic amines is 1. The molecule has 4 nitrogen and oxygen atoms in total. The summed E-state index contributed by atoms with van der Waals surface area (Å²) in [6.45, 7) is 5.91. The van der Waals surface area contributed by atoms with Crippen LogP contribution in [-0.4, -0.2) is 39.7 Å². The second kappa shape index (κ2) is 5.06. The lowest BCUT2D eigenvalue weighted by atomic mass is 9.91. The fourth-order valence-corrected chi connectivity index (χ4v) is 2.85. The molecule has 4 heteroatoms.